The summed E-state index contributed by atoms with van der Waals surface area (Å²) in [6.07, 6.45) is 4.28. The van der Waals surface area contributed by atoms with Crippen molar-refractivity contribution in [2.45, 2.75) is 44.2 Å². The highest BCUT2D eigenvalue weighted by molar-refractivity contribution is 9.10. The number of benzene rings is 3. The predicted molar refractivity (Wildman–Crippen MR) is 139 cm³/mol. The summed E-state index contributed by atoms with van der Waals surface area (Å²) in [4.78, 5) is 2.62. The van der Waals surface area contributed by atoms with Gasteiger partial charge in [0.15, 0.2) is 23.0 Å². The number of halogens is 1. The van der Waals surface area contributed by atoms with E-state index in [4.69, 9.17) is 18.9 Å². The molecule has 182 valence electrons. The lowest BCUT2D eigenvalue weighted by Gasteiger charge is -2.46. The largest absolute Gasteiger partial charge is 0.493 e. The van der Waals surface area contributed by atoms with Crippen molar-refractivity contribution in [2.24, 2.45) is 0 Å². The first-order valence-electron chi connectivity index (χ1n) is 12.3. The summed E-state index contributed by atoms with van der Waals surface area (Å²) >= 11 is 3.55. The lowest BCUT2D eigenvalue weighted by Crippen LogP contribution is -2.42. The molecule has 0 aliphatic carbocycles. The molecular weight excluding hydrogens is 506 g/mol. The van der Waals surface area contributed by atoms with Gasteiger partial charge in [-0.05, 0) is 78.3 Å². The van der Waals surface area contributed by atoms with Crippen molar-refractivity contribution in [3.63, 3.8) is 0 Å². The maximum atomic E-state index is 5.89. The van der Waals surface area contributed by atoms with Crippen LogP contribution in [0.1, 0.15) is 52.6 Å². The van der Waals surface area contributed by atoms with Crippen LogP contribution in [0.25, 0.3) is 0 Å². The fraction of sp³-hybridized carbons (Fsp3) is 0.379. The van der Waals surface area contributed by atoms with Crippen molar-refractivity contribution in [2.75, 3.05) is 27.6 Å². The third-order valence-electron chi connectivity index (χ3n) is 7.74. The molecule has 0 bridgehead atoms. The lowest BCUT2D eigenvalue weighted by atomic mass is 9.74. The van der Waals surface area contributed by atoms with Crippen molar-refractivity contribution in [1.82, 2.24) is 4.90 Å². The molecule has 0 amide bonds. The number of rotatable bonds is 6. The van der Waals surface area contributed by atoms with Gasteiger partial charge in [-0.15, -0.1) is 0 Å². The van der Waals surface area contributed by atoms with Crippen molar-refractivity contribution in [1.29, 1.82) is 0 Å². The van der Waals surface area contributed by atoms with E-state index in [1.807, 2.05) is 0 Å². The molecule has 0 radical (unpaired) electrons. The van der Waals surface area contributed by atoms with E-state index in [0.717, 1.165) is 66.2 Å². The standard InChI is InChI=1S/C29H30BrNO4/c1-32-25-11-10-21-22(5-3-4-18-6-8-20(30)9-7-18)28-23-15-27-26(34-17-35-27)14-19(23)12-13-31(28)16-24(21)29(25)33-2/h6-11,14-15,22,28H,3-5,12-13,16-17H2,1-2H3. The van der Waals surface area contributed by atoms with Crippen molar-refractivity contribution >= 4 is 15.9 Å². The molecule has 0 fully saturated rings. The van der Waals surface area contributed by atoms with E-state index < -0.39 is 0 Å². The van der Waals surface area contributed by atoms with Crippen molar-refractivity contribution in [3.8, 4) is 23.0 Å². The predicted octanol–water partition coefficient (Wildman–Crippen LogP) is 6.41. The van der Waals surface area contributed by atoms with Gasteiger partial charge in [0.05, 0.1) is 14.2 Å². The van der Waals surface area contributed by atoms with Crippen LogP contribution in [0.3, 0.4) is 0 Å². The molecule has 3 aliphatic rings. The maximum absolute atomic E-state index is 5.89. The zero-order chi connectivity index (χ0) is 23.9. The quantitative estimate of drug-likeness (QED) is 0.364. The average molecular weight is 536 g/mol. The van der Waals surface area contributed by atoms with Crippen LogP contribution in [-0.4, -0.2) is 32.5 Å². The van der Waals surface area contributed by atoms with Gasteiger partial charge in [0.1, 0.15) is 0 Å². The Hall–Kier alpha value is -2.70. The second-order valence-electron chi connectivity index (χ2n) is 9.56. The third-order valence-corrected chi connectivity index (χ3v) is 8.26. The summed E-state index contributed by atoms with van der Waals surface area (Å²) in [6, 6.07) is 17.8. The van der Waals surface area contributed by atoms with Crippen LogP contribution in [0.15, 0.2) is 53.0 Å². The van der Waals surface area contributed by atoms with Gasteiger partial charge < -0.3 is 18.9 Å². The lowest BCUT2D eigenvalue weighted by molar-refractivity contribution is 0.126. The van der Waals surface area contributed by atoms with Gasteiger partial charge in [-0.25, -0.2) is 0 Å². The Bertz CT molecular complexity index is 1240. The minimum absolute atomic E-state index is 0.309. The monoisotopic (exact) mass is 535 g/mol. The first-order chi connectivity index (χ1) is 17.2. The first kappa shape index (κ1) is 22.7. The molecule has 3 heterocycles. The van der Waals surface area contributed by atoms with E-state index in [9.17, 15) is 0 Å². The first-order valence-corrected chi connectivity index (χ1v) is 13.1. The number of aryl methyl sites for hydroxylation is 1. The molecule has 6 heteroatoms. The summed E-state index contributed by atoms with van der Waals surface area (Å²) in [6.45, 7) is 2.18. The van der Waals surface area contributed by atoms with E-state index in [-0.39, 0.29) is 0 Å². The molecule has 3 aromatic carbocycles. The number of methoxy groups -OCH3 is 2. The number of hydrogen-bond donors (Lipinski definition) is 0. The van der Waals surface area contributed by atoms with Gasteiger partial charge in [-0.3, -0.25) is 4.90 Å². The van der Waals surface area contributed by atoms with Crippen LogP contribution in [0, 0.1) is 0 Å². The second-order valence-corrected chi connectivity index (χ2v) is 10.5. The fourth-order valence-electron chi connectivity index (χ4n) is 6.12. The summed E-state index contributed by atoms with van der Waals surface area (Å²) in [7, 11) is 3.46. The highest BCUT2D eigenvalue weighted by Gasteiger charge is 2.41. The molecule has 6 rings (SSSR count). The van der Waals surface area contributed by atoms with Gasteiger partial charge in [-0.2, -0.15) is 0 Å². The molecule has 3 aromatic rings. The van der Waals surface area contributed by atoms with Crippen molar-refractivity contribution in [3.05, 3.63) is 80.8 Å². The smallest absolute Gasteiger partial charge is 0.231 e. The van der Waals surface area contributed by atoms with Gasteiger partial charge in [0.25, 0.3) is 0 Å². The SMILES string of the molecule is COc1ccc2c(c1OC)CN1CCc3cc4c(cc3C1C2CCCc1ccc(Br)cc1)OCO4. The van der Waals surface area contributed by atoms with E-state index in [1.54, 1.807) is 14.2 Å². The Labute approximate surface area is 215 Å². The Morgan fingerprint density at radius 2 is 1.77 bits per heavy atom. The van der Waals surface area contributed by atoms with Gasteiger partial charge in [0, 0.05) is 35.1 Å². The van der Waals surface area contributed by atoms with Crippen LogP contribution >= 0.6 is 15.9 Å². The maximum Gasteiger partial charge on any atom is 0.231 e. The molecule has 2 atom stereocenters. The Kier molecular flexibility index (Phi) is 6.11. The summed E-state index contributed by atoms with van der Waals surface area (Å²) in [5.74, 6) is 3.79. The zero-order valence-corrected chi connectivity index (χ0v) is 21.8. The van der Waals surface area contributed by atoms with Gasteiger partial charge in [0.2, 0.25) is 6.79 Å². The number of fused-ring (bicyclic) bond motifs is 5. The molecule has 0 aromatic heterocycles. The summed E-state index contributed by atoms with van der Waals surface area (Å²) in [5.41, 5.74) is 6.79. The molecule has 5 nitrogen and oxygen atoms in total. The van der Waals surface area contributed by atoms with Crippen LogP contribution in [0.2, 0.25) is 0 Å². The Balaban J connectivity index is 1.39. The van der Waals surface area contributed by atoms with Gasteiger partial charge >= 0.3 is 0 Å². The number of nitrogens with zero attached hydrogens (tertiary/aromatic N) is 1. The van der Waals surface area contributed by atoms with Gasteiger partial charge in [-0.1, -0.05) is 34.1 Å². The van der Waals surface area contributed by atoms with E-state index in [0.29, 0.717) is 18.8 Å². The number of hydrogen-bond acceptors (Lipinski definition) is 5. The molecular formula is C29H30BrNO4. The third kappa shape index (κ3) is 4.07. The summed E-state index contributed by atoms with van der Waals surface area (Å²) < 4.78 is 24.1. The molecule has 2 unspecified atom stereocenters. The molecule has 3 aliphatic heterocycles. The topological polar surface area (TPSA) is 40.2 Å². The normalized spacial score (nSPS) is 20.1. The highest BCUT2D eigenvalue weighted by Crippen LogP contribution is 2.53. The number of ether oxygens (including phenoxy) is 4. The van der Waals surface area contributed by atoms with Crippen LogP contribution < -0.4 is 18.9 Å². The molecule has 0 saturated heterocycles. The average Bonchev–Trinajstić information content (AvgIpc) is 3.34. The second kappa shape index (κ2) is 9.40. The van der Waals surface area contributed by atoms with E-state index in [2.05, 4.69) is 69.4 Å². The Morgan fingerprint density at radius 1 is 0.971 bits per heavy atom. The molecule has 0 saturated carbocycles. The van der Waals surface area contributed by atoms with E-state index >= 15 is 0 Å². The molecule has 0 N–H and O–H groups in total. The van der Waals surface area contributed by atoms with Crippen LogP contribution in [0.4, 0.5) is 0 Å². The minimum Gasteiger partial charge on any atom is -0.493 e. The Morgan fingerprint density at radius 3 is 2.54 bits per heavy atom. The summed E-state index contributed by atoms with van der Waals surface area (Å²) in [5, 5.41) is 0. The molecule has 35 heavy (non-hydrogen) atoms. The minimum atomic E-state index is 0.309. The van der Waals surface area contributed by atoms with E-state index in [1.165, 1.54) is 27.8 Å². The van der Waals surface area contributed by atoms with Crippen LogP contribution in [-0.2, 0) is 19.4 Å². The van der Waals surface area contributed by atoms with Crippen LogP contribution in [0.5, 0.6) is 23.0 Å². The highest BCUT2D eigenvalue weighted by atomic mass is 79.9. The van der Waals surface area contributed by atoms with Crippen molar-refractivity contribution < 1.29 is 18.9 Å². The molecule has 0 spiro atoms. The fourth-order valence-corrected chi connectivity index (χ4v) is 6.38. The zero-order valence-electron chi connectivity index (χ0n) is 20.2.